The Kier molecular flexibility index (Phi) is 7.23. The Bertz CT molecular complexity index is 300. The quantitative estimate of drug-likeness (QED) is 0.645. The normalized spacial score (nSPS) is 13.3. The summed E-state index contributed by atoms with van der Waals surface area (Å²) in [5, 5.41) is 3.07. The van der Waals surface area contributed by atoms with Gasteiger partial charge in [0, 0.05) is 25.7 Å². The first-order chi connectivity index (χ1) is 7.68. The standard InChI is InChI=1S/C11H26N2O3S/c1-6-16-11(4,5)9-13-17(14,15)8-7-12-10(2)3/h10,12-13H,6-9H2,1-5H3. The highest BCUT2D eigenvalue weighted by atomic mass is 32.2. The average Bonchev–Trinajstić information content (AvgIpc) is 2.14. The molecule has 5 nitrogen and oxygen atoms in total. The fourth-order valence-corrected chi connectivity index (χ4v) is 2.38. The summed E-state index contributed by atoms with van der Waals surface area (Å²) in [5.74, 6) is 0.0907. The van der Waals surface area contributed by atoms with Crippen LogP contribution in [0.4, 0.5) is 0 Å². The van der Waals surface area contributed by atoms with Crippen LogP contribution in [0.25, 0.3) is 0 Å². The van der Waals surface area contributed by atoms with Gasteiger partial charge in [0.15, 0.2) is 0 Å². The van der Waals surface area contributed by atoms with Crippen molar-refractivity contribution < 1.29 is 13.2 Å². The van der Waals surface area contributed by atoms with Crippen LogP contribution >= 0.6 is 0 Å². The van der Waals surface area contributed by atoms with Crippen LogP contribution in [0, 0.1) is 0 Å². The van der Waals surface area contributed by atoms with Gasteiger partial charge in [0.05, 0.1) is 11.4 Å². The molecule has 0 rings (SSSR count). The Morgan fingerprint density at radius 1 is 1.29 bits per heavy atom. The number of ether oxygens (including phenoxy) is 1. The van der Waals surface area contributed by atoms with E-state index in [4.69, 9.17) is 4.74 Å². The van der Waals surface area contributed by atoms with Gasteiger partial charge >= 0.3 is 0 Å². The maximum absolute atomic E-state index is 11.7. The first-order valence-corrected chi connectivity index (χ1v) is 7.68. The first-order valence-electron chi connectivity index (χ1n) is 6.03. The number of hydrogen-bond donors (Lipinski definition) is 2. The van der Waals surface area contributed by atoms with Crippen molar-refractivity contribution in [3.8, 4) is 0 Å². The molecular formula is C11H26N2O3S. The minimum Gasteiger partial charge on any atom is -0.375 e. The summed E-state index contributed by atoms with van der Waals surface area (Å²) in [6, 6.07) is 0.296. The molecule has 2 N–H and O–H groups in total. The molecule has 0 radical (unpaired) electrons. The highest BCUT2D eigenvalue weighted by molar-refractivity contribution is 7.89. The van der Waals surface area contributed by atoms with Gasteiger partial charge in [0.1, 0.15) is 0 Å². The summed E-state index contributed by atoms with van der Waals surface area (Å²) >= 11 is 0. The fraction of sp³-hybridized carbons (Fsp3) is 1.00. The van der Waals surface area contributed by atoms with Gasteiger partial charge in [0.25, 0.3) is 0 Å². The fourth-order valence-electron chi connectivity index (χ4n) is 1.28. The van der Waals surface area contributed by atoms with Crippen LogP contribution in [-0.2, 0) is 14.8 Å². The zero-order valence-corrected chi connectivity index (χ0v) is 12.4. The van der Waals surface area contributed by atoms with E-state index >= 15 is 0 Å². The van der Waals surface area contributed by atoms with Crippen LogP contribution in [0.3, 0.4) is 0 Å². The second-order valence-electron chi connectivity index (χ2n) is 4.94. The molecule has 0 heterocycles. The molecule has 0 aliphatic carbocycles. The van der Waals surface area contributed by atoms with E-state index in [2.05, 4.69) is 10.0 Å². The van der Waals surface area contributed by atoms with E-state index in [0.717, 1.165) is 0 Å². The Morgan fingerprint density at radius 2 is 1.88 bits per heavy atom. The summed E-state index contributed by atoms with van der Waals surface area (Å²) in [7, 11) is -3.22. The van der Waals surface area contributed by atoms with Crippen molar-refractivity contribution in [3.63, 3.8) is 0 Å². The molecule has 104 valence electrons. The first kappa shape index (κ1) is 16.8. The van der Waals surface area contributed by atoms with Gasteiger partial charge in [-0.15, -0.1) is 0 Å². The van der Waals surface area contributed by atoms with Gasteiger partial charge in [-0.2, -0.15) is 0 Å². The third-order valence-corrected chi connectivity index (χ3v) is 3.50. The van der Waals surface area contributed by atoms with Crippen molar-refractivity contribution in [1.82, 2.24) is 10.0 Å². The van der Waals surface area contributed by atoms with Gasteiger partial charge in [0.2, 0.25) is 10.0 Å². The predicted molar refractivity (Wildman–Crippen MR) is 70.6 cm³/mol. The third kappa shape index (κ3) is 9.52. The lowest BCUT2D eigenvalue weighted by atomic mass is 10.1. The highest BCUT2D eigenvalue weighted by Crippen LogP contribution is 2.07. The van der Waals surface area contributed by atoms with Crippen LogP contribution in [0.2, 0.25) is 0 Å². The summed E-state index contributed by atoms with van der Waals surface area (Å²) in [6.45, 7) is 10.9. The lowest BCUT2D eigenvalue weighted by molar-refractivity contribution is -0.00514. The molecule has 6 heteroatoms. The molecule has 0 saturated carbocycles. The van der Waals surface area contributed by atoms with Gasteiger partial charge in [-0.25, -0.2) is 13.1 Å². The van der Waals surface area contributed by atoms with Crippen molar-refractivity contribution in [3.05, 3.63) is 0 Å². The highest BCUT2D eigenvalue weighted by Gasteiger charge is 2.20. The molecule has 0 aliphatic rings. The predicted octanol–water partition coefficient (Wildman–Crippen LogP) is 0.719. The average molecular weight is 266 g/mol. The molecule has 0 amide bonds. The van der Waals surface area contributed by atoms with Gasteiger partial charge in [-0.1, -0.05) is 13.8 Å². The Morgan fingerprint density at radius 3 is 2.35 bits per heavy atom. The van der Waals surface area contributed by atoms with Crippen LogP contribution in [-0.4, -0.2) is 45.5 Å². The van der Waals surface area contributed by atoms with E-state index in [0.29, 0.717) is 25.7 Å². The smallest absolute Gasteiger partial charge is 0.212 e. The summed E-state index contributed by atoms with van der Waals surface area (Å²) in [4.78, 5) is 0. The van der Waals surface area contributed by atoms with E-state index in [9.17, 15) is 8.42 Å². The second-order valence-corrected chi connectivity index (χ2v) is 6.87. The SMILES string of the molecule is CCOC(C)(C)CNS(=O)(=O)CCNC(C)C. The van der Waals surface area contributed by atoms with Crippen molar-refractivity contribution in [2.75, 3.05) is 25.4 Å². The largest absolute Gasteiger partial charge is 0.375 e. The molecule has 17 heavy (non-hydrogen) atoms. The summed E-state index contributed by atoms with van der Waals surface area (Å²) < 4.78 is 31.3. The molecule has 0 fully saturated rings. The molecule has 0 aliphatic heterocycles. The van der Waals surface area contributed by atoms with E-state index in [1.54, 1.807) is 0 Å². The molecule has 0 unspecified atom stereocenters. The van der Waals surface area contributed by atoms with Crippen LogP contribution in [0.15, 0.2) is 0 Å². The summed E-state index contributed by atoms with van der Waals surface area (Å²) in [6.07, 6.45) is 0. The van der Waals surface area contributed by atoms with E-state index in [-0.39, 0.29) is 5.75 Å². The van der Waals surface area contributed by atoms with Crippen molar-refractivity contribution in [2.24, 2.45) is 0 Å². The van der Waals surface area contributed by atoms with Crippen LogP contribution in [0.5, 0.6) is 0 Å². The van der Waals surface area contributed by atoms with Gasteiger partial charge in [-0.3, -0.25) is 0 Å². The van der Waals surface area contributed by atoms with Crippen molar-refractivity contribution >= 4 is 10.0 Å². The van der Waals surface area contributed by atoms with Gasteiger partial charge in [-0.05, 0) is 20.8 Å². The molecule has 0 saturated heterocycles. The topological polar surface area (TPSA) is 67.4 Å². The maximum atomic E-state index is 11.7. The Balaban J connectivity index is 4.01. The second kappa shape index (κ2) is 7.31. The Labute approximate surface area is 105 Å². The number of nitrogens with one attached hydrogen (secondary N) is 2. The zero-order valence-electron chi connectivity index (χ0n) is 11.5. The number of rotatable bonds is 9. The van der Waals surface area contributed by atoms with Crippen molar-refractivity contribution in [1.29, 1.82) is 0 Å². The Hall–Kier alpha value is -0.170. The molecule has 0 bridgehead atoms. The molecule has 0 aromatic heterocycles. The number of sulfonamides is 1. The summed E-state index contributed by atoms with van der Waals surface area (Å²) in [5.41, 5.74) is -0.465. The molecule has 0 aromatic rings. The van der Waals surface area contributed by atoms with Gasteiger partial charge < -0.3 is 10.1 Å². The molecule has 0 aromatic carbocycles. The lowest BCUT2D eigenvalue weighted by Crippen LogP contribution is -2.42. The van der Waals surface area contributed by atoms with E-state index in [1.807, 2.05) is 34.6 Å². The molecule has 0 atom stereocenters. The van der Waals surface area contributed by atoms with Crippen LogP contribution < -0.4 is 10.0 Å². The minimum atomic E-state index is -3.22. The molecule has 0 spiro atoms. The van der Waals surface area contributed by atoms with Crippen LogP contribution in [0.1, 0.15) is 34.6 Å². The minimum absolute atomic E-state index is 0.0907. The van der Waals surface area contributed by atoms with E-state index in [1.165, 1.54) is 0 Å². The zero-order chi connectivity index (χ0) is 13.5. The maximum Gasteiger partial charge on any atom is 0.212 e. The molecular weight excluding hydrogens is 240 g/mol. The monoisotopic (exact) mass is 266 g/mol. The number of hydrogen-bond acceptors (Lipinski definition) is 4. The van der Waals surface area contributed by atoms with Crippen molar-refractivity contribution in [2.45, 2.75) is 46.3 Å². The van der Waals surface area contributed by atoms with E-state index < -0.39 is 15.6 Å². The third-order valence-electron chi connectivity index (χ3n) is 2.18. The lowest BCUT2D eigenvalue weighted by Gasteiger charge is -2.24.